The zero-order valence-corrected chi connectivity index (χ0v) is 19.3. The van der Waals surface area contributed by atoms with Gasteiger partial charge in [0.2, 0.25) is 5.91 Å². The fourth-order valence-electron chi connectivity index (χ4n) is 4.38. The first kappa shape index (κ1) is 18.6. The maximum atomic E-state index is 13.0. The van der Waals surface area contributed by atoms with Crippen molar-refractivity contribution in [1.82, 2.24) is 25.0 Å². The second-order valence-electron chi connectivity index (χ2n) is 8.62. The van der Waals surface area contributed by atoms with Crippen LogP contribution in [0.1, 0.15) is 65.7 Å². The number of hydrogen-bond acceptors (Lipinski definition) is 8. The van der Waals surface area contributed by atoms with Crippen LogP contribution in [0.4, 0.5) is 23.0 Å². The molecule has 0 bridgehead atoms. The minimum Gasteiger partial charge on any atom is -0.362 e. The number of carbonyl (C=O) groups excluding carboxylic acids is 2. The molecule has 1 saturated carbocycles. The zero-order valence-electron chi connectivity index (χ0n) is 22.3. The van der Waals surface area contributed by atoms with E-state index in [2.05, 4.69) is 42.6 Å². The largest absolute Gasteiger partial charge is 0.362 e. The van der Waals surface area contributed by atoms with Gasteiger partial charge in [-0.05, 0) is 25.3 Å². The Kier molecular flexibility index (Phi) is 4.65. The molecule has 10 heteroatoms. The SMILES string of the molecule is [2H]C([2H])([2H])CC(=O)c1cnc(NC(=O)C2CC2)cc1Nc1nccc2c1N(C)[C@H](CC)c1nn(C)nc1-2. The van der Waals surface area contributed by atoms with E-state index in [9.17, 15) is 9.59 Å². The number of carbonyl (C=O) groups is 2. The van der Waals surface area contributed by atoms with Crippen molar-refractivity contribution in [3.63, 3.8) is 0 Å². The quantitative estimate of drug-likeness (QED) is 0.507. The van der Waals surface area contributed by atoms with E-state index in [0.717, 1.165) is 41.9 Å². The molecule has 0 spiro atoms. The number of anilines is 4. The number of nitrogens with zero attached hydrogens (tertiary/aromatic N) is 6. The van der Waals surface area contributed by atoms with Gasteiger partial charge in [0.15, 0.2) is 11.6 Å². The van der Waals surface area contributed by atoms with E-state index in [1.165, 1.54) is 6.20 Å². The van der Waals surface area contributed by atoms with Crippen molar-refractivity contribution in [3.8, 4) is 11.3 Å². The number of pyridine rings is 2. The number of amides is 1. The van der Waals surface area contributed by atoms with Crippen LogP contribution in [0.2, 0.25) is 0 Å². The highest BCUT2D eigenvalue weighted by molar-refractivity contribution is 6.03. The van der Waals surface area contributed by atoms with Crippen molar-refractivity contribution >= 4 is 34.7 Å². The molecular weight excluding hydrogens is 432 g/mol. The summed E-state index contributed by atoms with van der Waals surface area (Å²) < 4.78 is 22.6. The smallest absolute Gasteiger partial charge is 0.228 e. The lowest BCUT2D eigenvalue weighted by molar-refractivity contribution is -0.117. The van der Waals surface area contributed by atoms with Gasteiger partial charge in [0, 0.05) is 54.6 Å². The molecule has 0 radical (unpaired) electrons. The second-order valence-corrected chi connectivity index (χ2v) is 8.62. The number of fused-ring (bicyclic) bond motifs is 3. The molecule has 1 aliphatic heterocycles. The van der Waals surface area contributed by atoms with Crippen molar-refractivity contribution in [3.05, 3.63) is 35.8 Å². The minimum atomic E-state index is -2.44. The Morgan fingerprint density at radius 2 is 2.06 bits per heavy atom. The van der Waals surface area contributed by atoms with Crippen molar-refractivity contribution in [2.45, 2.75) is 45.5 Å². The van der Waals surface area contributed by atoms with E-state index in [4.69, 9.17) is 4.11 Å². The third-order valence-electron chi connectivity index (χ3n) is 6.26. The van der Waals surface area contributed by atoms with E-state index in [0.29, 0.717) is 11.5 Å². The van der Waals surface area contributed by atoms with Gasteiger partial charge in [0.1, 0.15) is 17.2 Å². The minimum absolute atomic E-state index is 0.0290. The number of aryl methyl sites for hydroxylation is 1. The molecule has 1 fully saturated rings. The summed E-state index contributed by atoms with van der Waals surface area (Å²) in [5, 5.41) is 15.2. The molecule has 2 aliphatic rings. The normalized spacial score (nSPS) is 18.3. The van der Waals surface area contributed by atoms with E-state index in [1.54, 1.807) is 24.1 Å². The molecule has 5 rings (SSSR count). The molecule has 176 valence electrons. The Labute approximate surface area is 202 Å². The first-order valence-electron chi connectivity index (χ1n) is 12.8. The Bertz CT molecular complexity index is 1380. The summed E-state index contributed by atoms with van der Waals surface area (Å²) >= 11 is 0. The van der Waals surface area contributed by atoms with Crippen LogP contribution < -0.4 is 15.5 Å². The maximum Gasteiger partial charge on any atom is 0.228 e. The van der Waals surface area contributed by atoms with Crippen LogP contribution in [0, 0.1) is 5.92 Å². The monoisotopic (exact) mass is 463 g/mol. The standard InChI is InChI=1S/C24H28N8O2/c1-5-17-21-20(29-32(4)30-21)14-9-10-25-23(22(14)31(17)3)27-16-11-19(28-24(34)13-7-8-13)26-12-15(16)18(33)6-2/h9-13,17H,5-8H2,1-4H3,(H2,25,26,27,28,34)/t17-/m1/s1/i2D3. The second kappa shape index (κ2) is 8.51. The van der Waals surface area contributed by atoms with Gasteiger partial charge in [-0.3, -0.25) is 9.59 Å². The lowest BCUT2D eigenvalue weighted by Crippen LogP contribution is -2.29. The zero-order chi connectivity index (χ0) is 26.5. The number of rotatable bonds is 7. The van der Waals surface area contributed by atoms with Crippen LogP contribution in [-0.2, 0) is 11.8 Å². The van der Waals surface area contributed by atoms with Gasteiger partial charge in [-0.25, -0.2) is 9.97 Å². The third-order valence-corrected chi connectivity index (χ3v) is 6.26. The van der Waals surface area contributed by atoms with Gasteiger partial charge in [-0.15, -0.1) is 0 Å². The topological polar surface area (TPSA) is 118 Å². The van der Waals surface area contributed by atoms with Gasteiger partial charge in [-0.1, -0.05) is 13.8 Å². The summed E-state index contributed by atoms with van der Waals surface area (Å²) in [6, 6.07) is 3.37. The lowest BCUT2D eigenvalue weighted by atomic mass is 9.96. The Balaban J connectivity index is 1.57. The summed E-state index contributed by atoms with van der Waals surface area (Å²) in [6.45, 7) is -0.369. The molecule has 0 saturated heterocycles. The molecule has 3 aromatic heterocycles. The van der Waals surface area contributed by atoms with E-state index in [1.807, 2.05) is 13.1 Å². The number of ketones is 1. The number of nitrogens with one attached hydrogen (secondary N) is 2. The summed E-state index contributed by atoms with van der Waals surface area (Å²) in [5.41, 5.74) is 3.66. The first-order valence-corrected chi connectivity index (χ1v) is 11.3. The molecule has 3 aromatic rings. The lowest BCUT2D eigenvalue weighted by Gasteiger charge is -2.35. The average molecular weight is 464 g/mol. The molecule has 1 aliphatic carbocycles. The molecule has 34 heavy (non-hydrogen) atoms. The van der Waals surface area contributed by atoms with Gasteiger partial charge >= 0.3 is 0 Å². The predicted octanol–water partition coefficient (Wildman–Crippen LogP) is 3.86. The van der Waals surface area contributed by atoms with E-state index in [-0.39, 0.29) is 29.2 Å². The van der Waals surface area contributed by atoms with Crippen LogP contribution >= 0.6 is 0 Å². The molecule has 1 atom stereocenters. The summed E-state index contributed by atoms with van der Waals surface area (Å²) in [7, 11) is 3.73. The number of hydrogen-bond donors (Lipinski definition) is 2. The van der Waals surface area contributed by atoms with Crippen LogP contribution in [-0.4, -0.2) is 43.7 Å². The molecule has 2 N–H and O–H groups in total. The fourth-order valence-corrected chi connectivity index (χ4v) is 4.38. The molecule has 0 unspecified atom stereocenters. The van der Waals surface area contributed by atoms with Crippen molar-refractivity contribution in [2.24, 2.45) is 13.0 Å². The molecule has 0 aromatic carbocycles. The fraction of sp³-hybridized carbons (Fsp3) is 0.417. The summed E-state index contributed by atoms with van der Waals surface area (Å²) in [4.78, 5) is 37.7. The average Bonchev–Trinajstić information content (AvgIpc) is 3.60. The predicted molar refractivity (Wildman–Crippen MR) is 129 cm³/mol. The van der Waals surface area contributed by atoms with Crippen LogP contribution in [0.5, 0.6) is 0 Å². The molecule has 1 amide bonds. The summed E-state index contributed by atoms with van der Waals surface area (Å²) in [6.07, 6.45) is 4.75. The third kappa shape index (κ3) is 3.78. The number of Topliss-reactive ketones (excluding diaryl/α,β-unsaturated/α-hetero) is 1. The highest BCUT2D eigenvalue weighted by atomic mass is 16.2. The Morgan fingerprint density at radius 1 is 1.24 bits per heavy atom. The van der Waals surface area contributed by atoms with Crippen LogP contribution in [0.25, 0.3) is 11.3 Å². The molecular formula is C24H28N8O2. The highest BCUT2D eigenvalue weighted by Gasteiger charge is 2.34. The summed E-state index contributed by atoms with van der Waals surface area (Å²) in [5.74, 6) is -0.0144. The number of aromatic nitrogens is 5. The van der Waals surface area contributed by atoms with Crippen molar-refractivity contribution in [1.29, 1.82) is 0 Å². The maximum absolute atomic E-state index is 13.0. The Hall–Kier alpha value is -3.82. The van der Waals surface area contributed by atoms with Crippen LogP contribution in [0.15, 0.2) is 24.5 Å². The van der Waals surface area contributed by atoms with Gasteiger partial charge in [-0.2, -0.15) is 15.0 Å². The van der Waals surface area contributed by atoms with Crippen LogP contribution in [0.3, 0.4) is 0 Å². The van der Waals surface area contributed by atoms with E-state index < -0.39 is 19.1 Å². The van der Waals surface area contributed by atoms with Gasteiger partial charge in [0.25, 0.3) is 0 Å². The van der Waals surface area contributed by atoms with Gasteiger partial charge in [0.05, 0.1) is 23.0 Å². The first-order chi connectivity index (χ1) is 17.6. The Morgan fingerprint density at radius 3 is 2.79 bits per heavy atom. The van der Waals surface area contributed by atoms with E-state index >= 15 is 0 Å². The van der Waals surface area contributed by atoms with Crippen molar-refractivity contribution < 1.29 is 13.7 Å². The van der Waals surface area contributed by atoms with Crippen molar-refractivity contribution in [2.75, 3.05) is 22.6 Å². The van der Waals surface area contributed by atoms with Gasteiger partial charge < -0.3 is 15.5 Å². The highest BCUT2D eigenvalue weighted by Crippen LogP contribution is 2.46. The molecule has 4 heterocycles. The molecule has 10 nitrogen and oxygen atoms in total.